The molecule has 33 heavy (non-hydrogen) atoms. The Morgan fingerprint density at radius 3 is 0.939 bits per heavy atom. The first kappa shape index (κ1) is 34.1. The third-order valence-electron chi connectivity index (χ3n) is 4.76. The van der Waals surface area contributed by atoms with Crippen LogP contribution in [0.5, 0.6) is 0 Å². The molecule has 0 atom stereocenters. The van der Waals surface area contributed by atoms with Crippen LogP contribution in [0, 0.1) is 0 Å². The molecule has 0 heterocycles. The maximum atomic E-state index is 7.00. The Morgan fingerprint density at radius 2 is 0.788 bits per heavy atom. The van der Waals surface area contributed by atoms with Crippen molar-refractivity contribution in [3.05, 3.63) is 0 Å². The van der Waals surface area contributed by atoms with E-state index < -0.39 is 38.7 Å². The third-order valence-corrected chi connectivity index (χ3v) is 31.1. The van der Waals surface area contributed by atoms with Gasteiger partial charge in [0.15, 0.2) is 0 Å². The Balaban J connectivity index is 7.47. The van der Waals surface area contributed by atoms with E-state index in [9.17, 15) is 0 Å². The van der Waals surface area contributed by atoms with E-state index in [-0.39, 0.29) is 22.3 Å². The fourth-order valence-corrected chi connectivity index (χ4v) is 35.3. The predicted molar refractivity (Wildman–Crippen MR) is 143 cm³/mol. The van der Waals surface area contributed by atoms with Crippen LogP contribution in [-0.2, 0) is 36.2 Å². The van der Waals surface area contributed by atoms with Crippen LogP contribution < -0.4 is 0 Å². The second-order valence-electron chi connectivity index (χ2n) is 13.7. The predicted octanol–water partition coefficient (Wildman–Crippen LogP) is 7.11. The average Bonchev–Trinajstić information content (AvgIpc) is 2.37. The second kappa shape index (κ2) is 11.2. The van der Waals surface area contributed by atoms with E-state index in [4.69, 9.17) is 14.5 Å². The summed E-state index contributed by atoms with van der Waals surface area (Å²) in [5.41, 5.74) is -0.957. The van der Waals surface area contributed by atoms with Crippen LogP contribution in [0.15, 0.2) is 0 Å². The van der Waals surface area contributed by atoms with Crippen molar-refractivity contribution in [3.63, 3.8) is 0 Å². The summed E-state index contributed by atoms with van der Waals surface area (Å²) in [6.07, 6.45) is 0. The van der Waals surface area contributed by atoms with Crippen LogP contribution in [0.3, 0.4) is 0 Å². The Hall–Kier alpha value is 1.08. The quantitative estimate of drug-likeness (QED) is 0.255. The molecule has 0 unspecified atom stereocenters. The number of hydrogen-bond acceptors (Lipinski definition) is 6. The van der Waals surface area contributed by atoms with Gasteiger partial charge in [-0.1, -0.05) is 0 Å². The van der Waals surface area contributed by atoms with Crippen molar-refractivity contribution >= 4 is 17.0 Å². The Labute approximate surface area is 215 Å². The molecule has 0 amide bonds. The van der Waals surface area contributed by atoms with Gasteiger partial charge in [-0.15, -0.1) is 0 Å². The molecule has 0 saturated heterocycles. The van der Waals surface area contributed by atoms with E-state index >= 15 is 0 Å². The van der Waals surface area contributed by atoms with Crippen LogP contribution in [0.1, 0.15) is 96.9 Å². The first-order chi connectivity index (χ1) is 14.3. The van der Waals surface area contributed by atoms with Gasteiger partial charge in [-0.3, -0.25) is 0 Å². The molecule has 0 saturated carbocycles. The molecule has 0 spiro atoms. The summed E-state index contributed by atoms with van der Waals surface area (Å²) in [4.78, 5) is 0. The van der Waals surface area contributed by atoms with E-state index in [0.29, 0.717) is 13.2 Å². The number of hydrogen-bond donors (Lipinski definition) is 0. The average molecular weight is 586 g/mol. The molecule has 0 aliphatic carbocycles. The normalized spacial score (nSPS) is 15.6. The molecule has 0 radical (unpaired) electrons. The molecule has 200 valence electrons. The minimum absolute atomic E-state index is 0.211. The second-order valence-corrected chi connectivity index (χ2v) is 29.4. The summed E-state index contributed by atoms with van der Waals surface area (Å²) in [5, 5.41) is 0. The van der Waals surface area contributed by atoms with Crippen molar-refractivity contribution in [1.29, 1.82) is 0 Å². The van der Waals surface area contributed by atoms with Crippen molar-refractivity contribution in [2.75, 3.05) is 13.2 Å². The molecule has 0 aromatic heterocycles. The van der Waals surface area contributed by atoms with Crippen LogP contribution in [-0.4, -0.2) is 57.5 Å². The van der Waals surface area contributed by atoms with E-state index in [2.05, 4.69) is 128 Å². The van der Waals surface area contributed by atoms with Gasteiger partial charge in [0.2, 0.25) is 0 Å². The summed E-state index contributed by atoms with van der Waals surface area (Å²) in [5.74, 6) is 0. The summed E-state index contributed by atoms with van der Waals surface area (Å²) in [7, 11) is -4.98. The molecular formula is C24H58N2O4Si2Zr. The Bertz CT molecular complexity index is 564. The summed E-state index contributed by atoms with van der Waals surface area (Å²) in [6.45, 7) is 41.1. The van der Waals surface area contributed by atoms with Gasteiger partial charge in [0.25, 0.3) is 0 Å². The van der Waals surface area contributed by atoms with Gasteiger partial charge in [0.1, 0.15) is 0 Å². The summed E-state index contributed by atoms with van der Waals surface area (Å²) < 4.78 is 33.0. The molecule has 6 nitrogen and oxygen atoms in total. The topological polar surface area (TPSA) is 43.4 Å². The fraction of sp³-hybridized carbons (Fsp3) is 1.00. The molecular weight excluding hydrogens is 528 g/mol. The van der Waals surface area contributed by atoms with Gasteiger partial charge in [-0.2, -0.15) is 0 Å². The molecule has 0 rings (SSSR count). The molecule has 0 aliphatic heterocycles. The number of nitrogens with zero attached hydrogens (tertiary/aromatic N) is 2. The molecule has 9 heteroatoms. The van der Waals surface area contributed by atoms with Gasteiger partial charge in [0, 0.05) is 0 Å². The molecule has 0 aromatic carbocycles. The molecule has 0 aliphatic rings. The fourth-order valence-electron chi connectivity index (χ4n) is 5.51. The maximum absolute atomic E-state index is 7.00. The van der Waals surface area contributed by atoms with Crippen molar-refractivity contribution in [1.82, 2.24) is 5.02 Å². The summed E-state index contributed by atoms with van der Waals surface area (Å²) in [6, 6.07) is 0. The monoisotopic (exact) mass is 584 g/mol. The molecule has 0 aromatic rings. The first-order valence-electron chi connectivity index (χ1n) is 12.6. The van der Waals surface area contributed by atoms with Crippen molar-refractivity contribution in [3.8, 4) is 0 Å². The van der Waals surface area contributed by atoms with Gasteiger partial charge in [-0.05, 0) is 0 Å². The van der Waals surface area contributed by atoms with Crippen molar-refractivity contribution in [2.24, 2.45) is 0 Å². The minimum atomic E-state index is -4.33. The van der Waals surface area contributed by atoms with Crippen LogP contribution in [0.2, 0.25) is 26.2 Å². The summed E-state index contributed by atoms with van der Waals surface area (Å²) >= 11 is -4.33. The zero-order valence-corrected chi connectivity index (χ0v) is 29.9. The Kier molecular flexibility index (Phi) is 11.6. The van der Waals surface area contributed by atoms with Crippen LogP contribution in [0.4, 0.5) is 0 Å². The van der Waals surface area contributed by atoms with Gasteiger partial charge >= 0.3 is 217 Å². The van der Waals surface area contributed by atoms with Gasteiger partial charge < -0.3 is 0 Å². The van der Waals surface area contributed by atoms with Gasteiger partial charge in [-0.25, -0.2) is 0 Å². The van der Waals surface area contributed by atoms with E-state index in [1.54, 1.807) is 0 Å². The third kappa shape index (κ3) is 9.81. The first-order valence-corrected chi connectivity index (χ1v) is 22.5. The zero-order chi connectivity index (χ0) is 26.9. The number of rotatable bonds is 10. The van der Waals surface area contributed by atoms with Gasteiger partial charge in [0.05, 0.1) is 0 Å². The van der Waals surface area contributed by atoms with Crippen molar-refractivity contribution in [2.45, 2.75) is 145 Å². The standard InChI is InChI=1S/2C10H24NOSi.2C2H5O.Zr/c2*1-9(2,3)11-13(7,8)12-10(4,5)6;2*1-2-3;/h2*1-8H3;2*2H2,1H3;/q4*-1;+4. The molecule has 0 fully saturated rings. The van der Waals surface area contributed by atoms with E-state index in [1.807, 2.05) is 0 Å². The van der Waals surface area contributed by atoms with Crippen LogP contribution in [0.25, 0.3) is 0 Å². The zero-order valence-electron chi connectivity index (χ0n) is 25.4. The van der Waals surface area contributed by atoms with Crippen molar-refractivity contribution < 1.29 is 36.2 Å². The molecule has 0 N–H and O–H groups in total. The van der Waals surface area contributed by atoms with Crippen LogP contribution >= 0.6 is 0 Å². The van der Waals surface area contributed by atoms with E-state index in [1.165, 1.54) is 0 Å². The molecule has 0 bridgehead atoms. The SMILES string of the molecule is CC[O][Zr]([O]CC)([N](C(C)(C)C)[Si](C)(C)OC(C)(C)C)[N](C(C)(C)C)[Si](C)(C)OC(C)(C)C. The van der Waals surface area contributed by atoms with E-state index in [0.717, 1.165) is 0 Å². The Morgan fingerprint density at radius 1 is 0.545 bits per heavy atom.